The van der Waals surface area contributed by atoms with Gasteiger partial charge in [0.1, 0.15) is 30.5 Å². The molecule has 1 rings (SSSR count). The summed E-state index contributed by atoms with van der Waals surface area (Å²) in [7, 11) is 0. The average Bonchev–Trinajstić information content (AvgIpc) is 3.22. The Labute approximate surface area is 356 Å². The lowest BCUT2D eigenvalue weighted by molar-refractivity contribution is -0.305. The van der Waals surface area contributed by atoms with Crippen molar-refractivity contribution in [2.24, 2.45) is 0 Å². The van der Waals surface area contributed by atoms with Crippen molar-refractivity contribution in [3.63, 3.8) is 0 Å². The Morgan fingerprint density at radius 3 is 1.50 bits per heavy atom. The third-order valence-electron chi connectivity index (χ3n) is 11.4. The van der Waals surface area contributed by atoms with Crippen molar-refractivity contribution in [3.05, 3.63) is 24.3 Å². The summed E-state index contributed by atoms with van der Waals surface area (Å²) in [5.74, 6) is -0.318. The number of allylic oxidation sites excluding steroid dienone is 4. The highest BCUT2D eigenvalue weighted by Crippen LogP contribution is 2.23. The molecule has 58 heavy (non-hydrogen) atoms. The standard InChI is InChI=1S/C49H92O9/c1-3-5-7-9-11-13-15-17-19-21-22-24-26-28-30-32-34-36-38-45(51)57-43(42-56-49-48(54)47(53)46(52)44(40-50)58-49)41-55-39-37-35-33-31-29-27-25-23-20-18-16-14-12-10-8-6-4-2/h13,15,19,21,43-44,46-50,52-54H,3-12,14,16-18,20,22-42H2,1-2H3/b15-13-,21-19-. The molecule has 1 heterocycles. The van der Waals surface area contributed by atoms with Crippen LogP contribution in [0.5, 0.6) is 0 Å². The van der Waals surface area contributed by atoms with Gasteiger partial charge < -0.3 is 39.4 Å². The number of hydrogen-bond donors (Lipinski definition) is 4. The zero-order valence-electron chi connectivity index (χ0n) is 37.6. The highest BCUT2D eigenvalue weighted by molar-refractivity contribution is 5.69. The molecule has 1 fully saturated rings. The summed E-state index contributed by atoms with van der Waals surface area (Å²) in [5.41, 5.74) is 0. The third kappa shape index (κ3) is 31.5. The van der Waals surface area contributed by atoms with E-state index in [0.29, 0.717) is 13.0 Å². The summed E-state index contributed by atoms with van der Waals surface area (Å²) in [5, 5.41) is 40.2. The minimum atomic E-state index is -1.54. The number of unbranched alkanes of at least 4 members (excludes halogenated alkanes) is 27. The fourth-order valence-corrected chi connectivity index (χ4v) is 7.52. The van der Waals surface area contributed by atoms with Crippen LogP contribution in [0.15, 0.2) is 24.3 Å². The molecule has 0 radical (unpaired) electrons. The van der Waals surface area contributed by atoms with Gasteiger partial charge in [-0.25, -0.2) is 0 Å². The van der Waals surface area contributed by atoms with Crippen molar-refractivity contribution in [2.75, 3.05) is 26.4 Å². The number of ether oxygens (including phenoxy) is 4. The molecule has 6 atom stereocenters. The second-order valence-corrected chi connectivity index (χ2v) is 16.9. The Morgan fingerprint density at radius 1 is 0.552 bits per heavy atom. The van der Waals surface area contributed by atoms with E-state index >= 15 is 0 Å². The van der Waals surface area contributed by atoms with Crippen molar-refractivity contribution < 1.29 is 44.2 Å². The zero-order chi connectivity index (χ0) is 42.2. The maximum absolute atomic E-state index is 12.8. The second-order valence-electron chi connectivity index (χ2n) is 16.9. The molecule has 342 valence electrons. The van der Waals surface area contributed by atoms with E-state index in [1.165, 1.54) is 154 Å². The predicted molar refractivity (Wildman–Crippen MR) is 238 cm³/mol. The van der Waals surface area contributed by atoms with Gasteiger partial charge in [-0.3, -0.25) is 4.79 Å². The molecule has 9 heteroatoms. The maximum atomic E-state index is 12.8. The molecule has 0 spiro atoms. The Bertz CT molecular complexity index is 941. The van der Waals surface area contributed by atoms with E-state index < -0.39 is 43.4 Å². The SMILES string of the molecule is CCCCCC/C=C\C/C=C\CCCCCCCCCC(=O)OC(COCCCCCCCCCCCCCCCCCCC)COC1OC(CO)C(O)C(O)C1O. The van der Waals surface area contributed by atoms with E-state index in [4.69, 9.17) is 18.9 Å². The summed E-state index contributed by atoms with van der Waals surface area (Å²) in [6.07, 6.45) is 40.6. The monoisotopic (exact) mass is 825 g/mol. The van der Waals surface area contributed by atoms with Gasteiger partial charge in [0.2, 0.25) is 0 Å². The number of rotatable bonds is 42. The molecule has 1 aliphatic heterocycles. The van der Waals surface area contributed by atoms with Crippen LogP contribution < -0.4 is 0 Å². The van der Waals surface area contributed by atoms with E-state index in [0.717, 1.165) is 44.9 Å². The zero-order valence-corrected chi connectivity index (χ0v) is 37.6. The van der Waals surface area contributed by atoms with Crippen molar-refractivity contribution in [1.29, 1.82) is 0 Å². The van der Waals surface area contributed by atoms with Gasteiger partial charge in [-0.2, -0.15) is 0 Å². The lowest BCUT2D eigenvalue weighted by atomic mass is 9.99. The Hall–Kier alpha value is -1.33. The van der Waals surface area contributed by atoms with E-state index in [-0.39, 0.29) is 19.2 Å². The smallest absolute Gasteiger partial charge is 0.306 e. The lowest BCUT2D eigenvalue weighted by Gasteiger charge is -2.39. The van der Waals surface area contributed by atoms with E-state index in [1.54, 1.807) is 0 Å². The second kappa shape index (κ2) is 41.0. The first-order valence-corrected chi connectivity index (χ1v) is 24.4. The minimum absolute atomic E-state index is 0.113. The fraction of sp³-hybridized carbons (Fsp3) is 0.898. The van der Waals surface area contributed by atoms with E-state index in [2.05, 4.69) is 38.2 Å². The average molecular weight is 825 g/mol. The van der Waals surface area contributed by atoms with Crippen LogP contribution in [-0.2, 0) is 23.7 Å². The molecule has 1 saturated heterocycles. The summed E-state index contributed by atoms with van der Waals surface area (Å²) in [6.45, 7) is 4.57. The fourth-order valence-electron chi connectivity index (χ4n) is 7.52. The van der Waals surface area contributed by atoms with Gasteiger partial charge in [-0.05, 0) is 44.9 Å². The number of aliphatic hydroxyl groups is 4. The van der Waals surface area contributed by atoms with Gasteiger partial charge in [-0.1, -0.05) is 192 Å². The molecule has 0 aromatic rings. The summed E-state index contributed by atoms with van der Waals surface area (Å²) in [6, 6.07) is 0. The molecule has 0 bridgehead atoms. The van der Waals surface area contributed by atoms with E-state index in [9.17, 15) is 25.2 Å². The molecule has 0 saturated carbocycles. The minimum Gasteiger partial charge on any atom is -0.457 e. The van der Waals surface area contributed by atoms with Crippen LogP contribution in [0.25, 0.3) is 0 Å². The van der Waals surface area contributed by atoms with Crippen LogP contribution >= 0.6 is 0 Å². The molecule has 0 aromatic heterocycles. The molecule has 6 unspecified atom stereocenters. The molecule has 0 amide bonds. The highest BCUT2D eigenvalue weighted by Gasteiger charge is 2.44. The highest BCUT2D eigenvalue weighted by atomic mass is 16.7. The van der Waals surface area contributed by atoms with Gasteiger partial charge in [0.25, 0.3) is 0 Å². The van der Waals surface area contributed by atoms with Crippen LogP contribution in [0.2, 0.25) is 0 Å². The molecule has 4 N–H and O–H groups in total. The van der Waals surface area contributed by atoms with Crippen molar-refractivity contribution in [1.82, 2.24) is 0 Å². The number of carbonyl (C=O) groups excluding carboxylic acids is 1. The maximum Gasteiger partial charge on any atom is 0.306 e. The lowest BCUT2D eigenvalue weighted by Crippen LogP contribution is -2.59. The summed E-state index contributed by atoms with van der Waals surface area (Å²) in [4.78, 5) is 12.8. The number of aliphatic hydroxyl groups excluding tert-OH is 4. The number of esters is 1. The van der Waals surface area contributed by atoms with Gasteiger partial charge in [0, 0.05) is 13.0 Å². The van der Waals surface area contributed by atoms with Gasteiger partial charge in [-0.15, -0.1) is 0 Å². The molecular formula is C49H92O9. The van der Waals surface area contributed by atoms with Crippen LogP contribution in [0.4, 0.5) is 0 Å². The Morgan fingerprint density at radius 2 is 1.00 bits per heavy atom. The van der Waals surface area contributed by atoms with E-state index in [1.807, 2.05) is 0 Å². The predicted octanol–water partition coefficient (Wildman–Crippen LogP) is 11.4. The first-order chi connectivity index (χ1) is 28.4. The van der Waals surface area contributed by atoms with Crippen LogP contribution in [0.3, 0.4) is 0 Å². The molecule has 1 aliphatic rings. The van der Waals surface area contributed by atoms with Gasteiger partial charge in [0.05, 0.1) is 19.8 Å². The van der Waals surface area contributed by atoms with Crippen LogP contribution in [0, 0.1) is 0 Å². The van der Waals surface area contributed by atoms with Gasteiger partial charge >= 0.3 is 5.97 Å². The molecule has 0 aromatic carbocycles. The summed E-state index contributed by atoms with van der Waals surface area (Å²) < 4.78 is 22.9. The normalized spacial score (nSPS) is 20.4. The number of hydrogen-bond acceptors (Lipinski definition) is 9. The molecular weight excluding hydrogens is 733 g/mol. The van der Waals surface area contributed by atoms with Crippen molar-refractivity contribution >= 4 is 5.97 Å². The first-order valence-electron chi connectivity index (χ1n) is 24.4. The van der Waals surface area contributed by atoms with Crippen molar-refractivity contribution in [2.45, 2.75) is 256 Å². The van der Waals surface area contributed by atoms with Gasteiger partial charge in [0.15, 0.2) is 6.29 Å². The van der Waals surface area contributed by atoms with Crippen molar-refractivity contribution in [3.8, 4) is 0 Å². The number of carbonyl (C=O) groups is 1. The van der Waals surface area contributed by atoms with Crippen LogP contribution in [0.1, 0.15) is 219 Å². The van der Waals surface area contributed by atoms with Crippen LogP contribution in [-0.4, -0.2) is 89.6 Å². The topological polar surface area (TPSA) is 135 Å². The third-order valence-corrected chi connectivity index (χ3v) is 11.4. The molecule has 0 aliphatic carbocycles. The Balaban J connectivity index is 2.23. The quantitative estimate of drug-likeness (QED) is 0.0269. The summed E-state index contributed by atoms with van der Waals surface area (Å²) >= 11 is 0. The largest absolute Gasteiger partial charge is 0.457 e. The first kappa shape index (κ1) is 54.7. The Kier molecular flexibility index (Phi) is 38.7. The molecule has 9 nitrogen and oxygen atoms in total.